The molecule has 0 amide bonds. The van der Waals surface area contributed by atoms with Gasteiger partial charge in [-0.2, -0.15) is 0 Å². The summed E-state index contributed by atoms with van der Waals surface area (Å²) >= 11 is 0. The Hall–Kier alpha value is -0.843. The Balaban J connectivity index is 2.64. The molecule has 0 fully saturated rings. The molecule has 3 nitrogen and oxygen atoms in total. The van der Waals surface area contributed by atoms with Gasteiger partial charge in [0.15, 0.2) is 9.04 Å². The summed E-state index contributed by atoms with van der Waals surface area (Å²) in [6.07, 6.45) is 1.47. The van der Waals surface area contributed by atoms with Crippen molar-refractivity contribution in [3.8, 4) is 5.75 Å². The van der Waals surface area contributed by atoms with Crippen molar-refractivity contribution in [1.29, 1.82) is 0 Å². The predicted molar refractivity (Wildman–Crippen MR) is 108 cm³/mol. The maximum atomic E-state index is 9.59. The van der Waals surface area contributed by atoms with Crippen LogP contribution in [0.4, 0.5) is 0 Å². The van der Waals surface area contributed by atoms with E-state index in [9.17, 15) is 5.11 Å². The smallest absolute Gasteiger partial charge is 0.171 e. The zero-order chi connectivity index (χ0) is 19.2. The highest BCUT2D eigenvalue weighted by molar-refractivity contribution is 6.48. The molecule has 1 aromatic carbocycles. The van der Waals surface area contributed by atoms with Crippen LogP contribution < -0.4 is 4.74 Å². The number of rotatable bonds is 4. The molecular formula is C21H36O3Si. The Morgan fingerprint density at radius 1 is 1.16 bits per heavy atom. The molecule has 1 aliphatic heterocycles. The fraction of sp³-hybridized carbons (Fsp3) is 0.714. The molecule has 1 aromatic rings. The van der Waals surface area contributed by atoms with Gasteiger partial charge in [-0.15, -0.1) is 0 Å². The van der Waals surface area contributed by atoms with E-state index in [1.807, 2.05) is 0 Å². The summed E-state index contributed by atoms with van der Waals surface area (Å²) in [4.78, 5) is 0. The highest BCUT2D eigenvalue weighted by atomic mass is 28.3. The Morgan fingerprint density at radius 3 is 2.24 bits per heavy atom. The summed E-state index contributed by atoms with van der Waals surface area (Å²) in [6, 6.07) is 0. The molecule has 0 bridgehead atoms. The van der Waals surface area contributed by atoms with E-state index in [0.29, 0.717) is 6.42 Å². The molecule has 4 heteroatoms. The second-order valence-electron chi connectivity index (χ2n) is 9.07. The number of benzene rings is 1. The molecule has 142 valence electrons. The van der Waals surface area contributed by atoms with Gasteiger partial charge in [-0.05, 0) is 68.5 Å². The Kier molecular flexibility index (Phi) is 5.77. The zero-order valence-corrected chi connectivity index (χ0v) is 18.7. The van der Waals surface area contributed by atoms with Crippen LogP contribution in [0.2, 0.25) is 13.1 Å². The molecule has 2 unspecified atom stereocenters. The number of aliphatic hydroxyl groups is 1. The minimum Gasteiger partial charge on any atom is -0.484 e. The first kappa shape index (κ1) is 20.5. The highest BCUT2D eigenvalue weighted by Gasteiger charge is 2.43. The Bertz CT molecular complexity index is 646. The summed E-state index contributed by atoms with van der Waals surface area (Å²) in [5.74, 6) is 1.02. The van der Waals surface area contributed by atoms with Crippen molar-refractivity contribution in [2.24, 2.45) is 0 Å². The molecule has 1 aliphatic rings. The topological polar surface area (TPSA) is 38.7 Å². The molecule has 0 aromatic heterocycles. The first-order chi connectivity index (χ1) is 11.4. The van der Waals surface area contributed by atoms with Crippen LogP contribution in [0.15, 0.2) is 0 Å². The number of ether oxygens (including phenoxy) is 1. The van der Waals surface area contributed by atoms with E-state index in [1.54, 1.807) is 0 Å². The average molecular weight is 365 g/mol. The van der Waals surface area contributed by atoms with Gasteiger partial charge in [-0.1, -0.05) is 20.8 Å². The number of aliphatic hydroxyl groups excluding tert-OH is 1. The third-order valence-electron chi connectivity index (χ3n) is 5.58. The quantitative estimate of drug-likeness (QED) is 0.807. The van der Waals surface area contributed by atoms with Crippen molar-refractivity contribution in [2.75, 3.05) is 6.61 Å². The maximum Gasteiger partial charge on any atom is 0.171 e. The molecule has 0 radical (unpaired) electrons. The van der Waals surface area contributed by atoms with Gasteiger partial charge in [0.05, 0.1) is 6.10 Å². The molecule has 0 saturated heterocycles. The van der Waals surface area contributed by atoms with E-state index in [4.69, 9.17) is 9.16 Å². The molecule has 25 heavy (non-hydrogen) atoms. The van der Waals surface area contributed by atoms with Crippen LogP contribution >= 0.6 is 0 Å². The van der Waals surface area contributed by atoms with Gasteiger partial charge in [0.25, 0.3) is 0 Å². The molecule has 1 N–H and O–H groups in total. The summed E-state index contributed by atoms with van der Waals surface area (Å²) in [6.45, 7) is 20.0. The standard InChI is InChI=1S/C21H36O3Si/c1-13-14(2)19-16(15(3)18(13)20(4,5)6)12-17(24-25(8)9)21(7,23-19)10-11-22/h17,22,25H,10-12H2,1-9H3. The second-order valence-corrected chi connectivity index (χ2v) is 11.4. The Morgan fingerprint density at radius 2 is 1.76 bits per heavy atom. The number of hydrogen-bond donors (Lipinski definition) is 1. The van der Waals surface area contributed by atoms with E-state index < -0.39 is 14.6 Å². The van der Waals surface area contributed by atoms with Crippen LogP contribution in [-0.4, -0.2) is 32.5 Å². The highest BCUT2D eigenvalue weighted by Crippen LogP contribution is 2.45. The van der Waals surface area contributed by atoms with Crippen molar-refractivity contribution >= 4 is 9.04 Å². The molecule has 2 rings (SSSR count). The maximum absolute atomic E-state index is 9.59. The van der Waals surface area contributed by atoms with Gasteiger partial charge in [0.2, 0.25) is 0 Å². The third kappa shape index (κ3) is 3.81. The average Bonchev–Trinajstić information content (AvgIpc) is 2.45. The minimum absolute atomic E-state index is 0.00689. The van der Waals surface area contributed by atoms with E-state index in [2.05, 4.69) is 61.6 Å². The van der Waals surface area contributed by atoms with Gasteiger partial charge >= 0.3 is 0 Å². The monoisotopic (exact) mass is 364 g/mol. The summed E-state index contributed by atoms with van der Waals surface area (Å²) < 4.78 is 12.9. The first-order valence-corrected chi connectivity index (χ1v) is 12.3. The van der Waals surface area contributed by atoms with Crippen LogP contribution in [0.5, 0.6) is 5.75 Å². The van der Waals surface area contributed by atoms with Crippen LogP contribution in [-0.2, 0) is 16.3 Å². The van der Waals surface area contributed by atoms with Gasteiger partial charge in [-0.3, -0.25) is 0 Å². The van der Waals surface area contributed by atoms with Gasteiger partial charge in [0, 0.05) is 25.0 Å². The third-order valence-corrected chi connectivity index (χ3v) is 6.45. The van der Waals surface area contributed by atoms with Crippen LogP contribution in [0.3, 0.4) is 0 Å². The summed E-state index contributed by atoms with van der Waals surface area (Å²) in [7, 11) is -1.21. The second kappa shape index (κ2) is 7.05. The zero-order valence-electron chi connectivity index (χ0n) is 17.5. The minimum atomic E-state index is -1.21. The number of hydrogen-bond acceptors (Lipinski definition) is 3. The lowest BCUT2D eigenvalue weighted by atomic mass is 9.75. The fourth-order valence-corrected chi connectivity index (χ4v) is 5.39. The SMILES string of the molecule is Cc1c(C)c(C(C)(C)C)c(C)c2c1OC(C)(CCO)C(O[SiH](C)C)C2. The normalized spacial score (nSPS) is 23.6. The van der Waals surface area contributed by atoms with Gasteiger partial charge < -0.3 is 14.3 Å². The molecule has 1 heterocycles. The lowest BCUT2D eigenvalue weighted by Gasteiger charge is -2.45. The van der Waals surface area contributed by atoms with Crippen molar-refractivity contribution < 1.29 is 14.3 Å². The predicted octanol–water partition coefficient (Wildman–Crippen LogP) is 4.35. The lowest BCUT2D eigenvalue weighted by Crippen LogP contribution is -2.52. The van der Waals surface area contributed by atoms with Crippen molar-refractivity contribution in [3.05, 3.63) is 27.8 Å². The lowest BCUT2D eigenvalue weighted by molar-refractivity contribution is -0.0557. The van der Waals surface area contributed by atoms with E-state index >= 15 is 0 Å². The molecule has 0 saturated carbocycles. The molecule has 0 spiro atoms. The molecule has 2 atom stereocenters. The fourth-order valence-electron chi connectivity index (χ4n) is 4.35. The molecular weight excluding hydrogens is 328 g/mol. The van der Waals surface area contributed by atoms with Crippen LogP contribution in [0.1, 0.15) is 61.9 Å². The largest absolute Gasteiger partial charge is 0.484 e. The number of fused-ring (bicyclic) bond motifs is 1. The van der Waals surface area contributed by atoms with Crippen LogP contribution in [0, 0.1) is 20.8 Å². The van der Waals surface area contributed by atoms with Crippen molar-refractivity contribution in [2.45, 2.75) is 91.5 Å². The van der Waals surface area contributed by atoms with Gasteiger partial charge in [0.1, 0.15) is 11.4 Å². The van der Waals surface area contributed by atoms with Crippen molar-refractivity contribution in [1.82, 2.24) is 0 Å². The molecule has 0 aliphatic carbocycles. The van der Waals surface area contributed by atoms with E-state index in [0.717, 1.165) is 12.2 Å². The van der Waals surface area contributed by atoms with Crippen LogP contribution in [0.25, 0.3) is 0 Å². The summed E-state index contributed by atoms with van der Waals surface area (Å²) in [5, 5.41) is 9.59. The summed E-state index contributed by atoms with van der Waals surface area (Å²) in [5.41, 5.74) is 6.26. The van der Waals surface area contributed by atoms with Gasteiger partial charge in [-0.25, -0.2) is 0 Å². The first-order valence-electron chi connectivity index (χ1n) is 9.50. The Labute approximate surface area is 155 Å². The van der Waals surface area contributed by atoms with Crippen molar-refractivity contribution in [3.63, 3.8) is 0 Å². The van der Waals surface area contributed by atoms with E-state index in [-0.39, 0.29) is 18.1 Å². The van der Waals surface area contributed by atoms with E-state index in [1.165, 1.54) is 27.8 Å².